The molecule has 0 radical (unpaired) electrons. The van der Waals surface area contributed by atoms with E-state index in [-0.39, 0.29) is 11.9 Å². The van der Waals surface area contributed by atoms with Gasteiger partial charge in [0.05, 0.1) is 23.1 Å². The first-order chi connectivity index (χ1) is 9.52. The van der Waals surface area contributed by atoms with Crippen LogP contribution in [0.4, 0.5) is 0 Å². The molecule has 0 aliphatic rings. The third-order valence-electron chi connectivity index (χ3n) is 4.11. The van der Waals surface area contributed by atoms with Gasteiger partial charge in [0.25, 0.3) is 0 Å². The summed E-state index contributed by atoms with van der Waals surface area (Å²) < 4.78 is 0. The Labute approximate surface area is 121 Å². The number of benzene rings is 1. The van der Waals surface area contributed by atoms with E-state index in [1.807, 2.05) is 32.9 Å². The number of nitrogens with one attached hydrogen (secondary N) is 1. The van der Waals surface area contributed by atoms with Crippen molar-refractivity contribution in [2.75, 3.05) is 6.54 Å². The molecule has 0 aliphatic heterocycles. The van der Waals surface area contributed by atoms with Gasteiger partial charge in [-0.15, -0.1) is 0 Å². The zero-order chi connectivity index (χ0) is 15.2. The molecule has 0 saturated heterocycles. The van der Waals surface area contributed by atoms with Gasteiger partial charge >= 0.3 is 0 Å². The van der Waals surface area contributed by atoms with E-state index in [1.165, 1.54) is 0 Å². The van der Waals surface area contributed by atoms with E-state index in [4.69, 9.17) is 11.0 Å². The fourth-order valence-corrected chi connectivity index (χ4v) is 2.23. The number of rotatable bonds is 6. The number of nitriles is 1. The summed E-state index contributed by atoms with van der Waals surface area (Å²) in [4.78, 5) is 12.4. The Hall–Kier alpha value is -1.86. The van der Waals surface area contributed by atoms with Crippen molar-refractivity contribution in [1.29, 1.82) is 5.26 Å². The van der Waals surface area contributed by atoms with Gasteiger partial charge in [-0.1, -0.05) is 26.0 Å². The van der Waals surface area contributed by atoms with Crippen LogP contribution < -0.4 is 11.1 Å². The van der Waals surface area contributed by atoms with Gasteiger partial charge in [-0.05, 0) is 37.5 Å². The van der Waals surface area contributed by atoms with Crippen molar-refractivity contribution >= 4 is 5.91 Å². The number of hydrogen-bond donors (Lipinski definition) is 2. The molecule has 1 aromatic rings. The minimum Gasteiger partial charge on any atom is -0.349 e. The van der Waals surface area contributed by atoms with Gasteiger partial charge in [-0.25, -0.2) is 0 Å². The first kappa shape index (κ1) is 16.2. The molecule has 0 aliphatic carbocycles. The Balaban J connectivity index is 2.81. The van der Waals surface area contributed by atoms with Gasteiger partial charge in [-0.2, -0.15) is 5.26 Å². The quantitative estimate of drug-likeness (QED) is 0.835. The lowest BCUT2D eigenvalue weighted by molar-refractivity contribution is -0.131. The standard InChI is InChI=1S/C16H23N3O/c1-4-16(5-2,11-18)15(20)19-12(3)14-8-6-13(10-17)7-9-14/h6-9,12H,4-5,11,18H2,1-3H3,(H,19,20). The van der Waals surface area contributed by atoms with Gasteiger partial charge in [-0.3, -0.25) is 4.79 Å². The van der Waals surface area contributed by atoms with Crippen molar-refractivity contribution in [3.8, 4) is 6.07 Å². The molecule has 0 aromatic heterocycles. The second-order valence-electron chi connectivity index (χ2n) is 5.12. The first-order valence-corrected chi connectivity index (χ1v) is 7.04. The van der Waals surface area contributed by atoms with Gasteiger partial charge in [0, 0.05) is 6.54 Å². The molecule has 1 aromatic carbocycles. The highest BCUT2D eigenvalue weighted by atomic mass is 16.2. The second kappa shape index (κ2) is 7.06. The topological polar surface area (TPSA) is 78.9 Å². The van der Waals surface area contributed by atoms with Crippen molar-refractivity contribution in [2.24, 2.45) is 11.1 Å². The Morgan fingerprint density at radius 3 is 2.30 bits per heavy atom. The van der Waals surface area contributed by atoms with E-state index in [0.717, 1.165) is 18.4 Å². The lowest BCUT2D eigenvalue weighted by Crippen LogP contribution is -2.46. The molecule has 1 amide bonds. The minimum absolute atomic E-state index is 0.00172. The first-order valence-electron chi connectivity index (χ1n) is 7.04. The highest BCUT2D eigenvalue weighted by Crippen LogP contribution is 2.26. The molecule has 0 spiro atoms. The summed E-state index contributed by atoms with van der Waals surface area (Å²) >= 11 is 0. The SMILES string of the molecule is CCC(CC)(CN)C(=O)NC(C)c1ccc(C#N)cc1. The maximum Gasteiger partial charge on any atom is 0.227 e. The second-order valence-corrected chi connectivity index (χ2v) is 5.12. The zero-order valence-corrected chi connectivity index (χ0v) is 12.4. The Bertz CT molecular complexity index is 475. The van der Waals surface area contributed by atoms with Gasteiger partial charge in [0.15, 0.2) is 0 Å². The summed E-state index contributed by atoms with van der Waals surface area (Å²) in [6, 6.07) is 9.23. The van der Waals surface area contributed by atoms with E-state index in [9.17, 15) is 4.79 Å². The Morgan fingerprint density at radius 2 is 1.90 bits per heavy atom. The molecule has 4 heteroatoms. The van der Waals surface area contributed by atoms with Crippen LogP contribution in [0.5, 0.6) is 0 Å². The van der Waals surface area contributed by atoms with Crippen molar-refractivity contribution in [3.63, 3.8) is 0 Å². The van der Waals surface area contributed by atoms with Crippen LogP contribution in [0.3, 0.4) is 0 Å². The summed E-state index contributed by atoms with van der Waals surface area (Å²) in [6.45, 7) is 6.27. The van der Waals surface area contributed by atoms with Crippen molar-refractivity contribution in [2.45, 2.75) is 39.7 Å². The molecule has 1 atom stereocenters. The largest absolute Gasteiger partial charge is 0.349 e. The van der Waals surface area contributed by atoms with Crippen LogP contribution in [-0.2, 0) is 4.79 Å². The molecule has 0 bridgehead atoms. The van der Waals surface area contributed by atoms with Crippen LogP contribution in [0, 0.1) is 16.7 Å². The van der Waals surface area contributed by atoms with Gasteiger partial charge in [0.2, 0.25) is 5.91 Å². The highest BCUT2D eigenvalue weighted by molar-refractivity contribution is 5.83. The minimum atomic E-state index is -0.485. The molecule has 20 heavy (non-hydrogen) atoms. The average molecular weight is 273 g/mol. The number of hydrogen-bond acceptors (Lipinski definition) is 3. The van der Waals surface area contributed by atoms with Crippen molar-refractivity contribution in [1.82, 2.24) is 5.32 Å². The number of carbonyl (C=O) groups excluding carboxylic acids is 1. The van der Waals surface area contributed by atoms with E-state index in [0.29, 0.717) is 12.1 Å². The van der Waals surface area contributed by atoms with Crippen molar-refractivity contribution in [3.05, 3.63) is 35.4 Å². The molecular formula is C16H23N3O. The van der Waals surface area contributed by atoms with Crippen LogP contribution in [-0.4, -0.2) is 12.5 Å². The lowest BCUT2D eigenvalue weighted by Gasteiger charge is -2.30. The lowest BCUT2D eigenvalue weighted by atomic mass is 9.81. The molecule has 108 valence electrons. The summed E-state index contributed by atoms with van der Waals surface area (Å²) in [7, 11) is 0. The highest BCUT2D eigenvalue weighted by Gasteiger charge is 2.33. The van der Waals surface area contributed by atoms with Gasteiger partial charge < -0.3 is 11.1 Å². The average Bonchev–Trinajstić information content (AvgIpc) is 2.49. The van der Waals surface area contributed by atoms with E-state index in [2.05, 4.69) is 11.4 Å². The third kappa shape index (κ3) is 3.37. The summed E-state index contributed by atoms with van der Waals surface area (Å²) in [6.07, 6.45) is 1.46. The smallest absolute Gasteiger partial charge is 0.227 e. The van der Waals surface area contributed by atoms with E-state index < -0.39 is 5.41 Å². The fraction of sp³-hybridized carbons (Fsp3) is 0.500. The van der Waals surface area contributed by atoms with Crippen LogP contribution in [0.2, 0.25) is 0 Å². The van der Waals surface area contributed by atoms with E-state index >= 15 is 0 Å². The predicted octanol–water partition coefficient (Wildman–Crippen LogP) is 2.50. The molecule has 1 rings (SSSR count). The van der Waals surface area contributed by atoms with Crippen LogP contribution >= 0.6 is 0 Å². The summed E-state index contributed by atoms with van der Waals surface area (Å²) in [5, 5.41) is 11.8. The molecule has 0 fully saturated rings. The Morgan fingerprint density at radius 1 is 1.35 bits per heavy atom. The summed E-state index contributed by atoms with van der Waals surface area (Å²) in [5.74, 6) is 0.00172. The Kier molecular flexibility index (Phi) is 5.72. The van der Waals surface area contributed by atoms with Gasteiger partial charge in [0.1, 0.15) is 0 Å². The molecule has 0 heterocycles. The zero-order valence-electron chi connectivity index (χ0n) is 12.4. The normalized spacial score (nSPS) is 12.6. The molecule has 1 unspecified atom stereocenters. The molecule has 0 saturated carbocycles. The maximum atomic E-state index is 12.4. The van der Waals surface area contributed by atoms with Crippen LogP contribution in [0.25, 0.3) is 0 Å². The number of nitrogens with zero attached hydrogens (tertiary/aromatic N) is 1. The third-order valence-corrected chi connectivity index (χ3v) is 4.11. The fourth-order valence-electron chi connectivity index (χ4n) is 2.23. The number of carbonyl (C=O) groups is 1. The summed E-state index contributed by atoms with van der Waals surface area (Å²) in [5.41, 5.74) is 6.90. The van der Waals surface area contributed by atoms with Crippen LogP contribution in [0.15, 0.2) is 24.3 Å². The maximum absolute atomic E-state index is 12.4. The molecular weight excluding hydrogens is 250 g/mol. The monoisotopic (exact) mass is 273 g/mol. The number of amides is 1. The van der Waals surface area contributed by atoms with E-state index in [1.54, 1.807) is 12.1 Å². The molecule has 3 N–H and O–H groups in total. The molecule has 4 nitrogen and oxygen atoms in total. The van der Waals surface area contributed by atoms with Crippen molar-refractivity contribution < 1.29 is 4.79 Å². The predicted molar refractivity (Wildman–Crippen MR) is 79.8 cm³/mol. The number of nitrogens with two attached hydrogens (primary N) is 1. The van der Waals surface area contributed by atoms with Crippen LogP contribution in [0.1, 0.15) is 50.8 Å².